The quantitative estimate of drug-likeness (QED) is 0.670. The first-order valence-corrected chi connectivity index (χ1v) is 15.2. The van der Waals surface area contributed by atoms with Gasteiger partial charge in [0.05, 0.1) is 0 Å². The second kappa shape index (κ2) is 3.73. The maximum atomic E-state index is 2.56. The summed E-state index contributed by atoms with van der Waals surface area (Å²) in [6.45, 7) is 4.76. The number of rotatable bonds is 2. The first kappa shape index (κ1) is 10.6. The van der Waals surface area contributed by atoms with Crippen LogP contribution in [0, 0.1) is 11.8 Å². The van der Waals surface area contributed by atoms with Gasteiger partial charge >= 0.3 is 81.4 Å². The molecule has 0 spiro atoms. The fourth-order valence-corrected chi connectivity index (χ4v) is 9.07. The van der Waals surface area contributed by atoms with Crippen molar-refractivity contribution in [3.63, 3.8) is 0 Å². The van der Waals surface area contributed by atoms with E-state index in [2.05, 4.69) is 34.7 Å². The van der Waals surface area contributed by atoms with E-state index in [1.807, 2.05) is 3.59 Å². The van der Waals surface area contributed by atoms with Crippen molar-refractivity contribution in [2.24, 2.45) is 11.8 Å². The molecule has 0 saturated carbocycles. The molecule has 0 fully saturated rings. The van der Waals surface area contributed by atoms with E-state index in [9.17, 15) is 0 Å². The number of hydrogen-bond donors (Lipinski definition) is 0. The molecule has 0 N–H and O–H groups in total. The monoisotopic (exact) mass is 274 g/mol. The number of allylic oxidation sites excluding steroid dienone is 2. The Morgan fingerprint density at radius 3 is 2.33 bits per heavy atom. The molecule has 0 aromatic heterocycles. The van der Waals surface area contributed by atoms with E-state index in [1.54, 1.807) is 0 Å². The summed E-state index contributed by atoms with van der Waals surface area (Å²) in [4.78, 5) is 7.63. The second-order valence-corrected chi connectivity index (χ2v) is 19.6. The van der Waals surface area contributed by atoms with Gasteiger partial charge in [-0.05, 0) is 0 Å². The van der Waals surface area contributed by atoms with E-state index in [0.29, 0.717) is 0 Å². The summed E-state index contributed by atoms with van der Waals surface area (Å²) in [5.41, 5.74) is 0. The zero-order valence-corrected chi connectivity index (χ0v) is 12.0. The van der Waals surface area contributed by atoms with Gasteiger partial charge in [0.2, 0.25) is 0 Å². The van der Waals surface area contributed by atoms with Crippen LogP contribution >= 0.6 is 0 Å². The van der Waals surface area contributed by atoms with Gasteiger partial charge in [0.15, 0.2) is 0 Å². The average Bonchev–Trinajstić information content (AvgIpc) is 2.29. The van der Waals surface area contributed by atoms with Crippen LogP contribution in [-0.4, -0.2) is 18.4 Å². The Morgan fingerprint density at radius 1 is 1.42 bits per heavy atom. The molecule has 0 aromatic carbocycles. The Bertz CT molecular complexity index is 186. The molecule has 0 amide bonds. The SMILES string of the molecule is CC[C@H]1[C]([Sn]([CH3])([CH3])[CH3])=CC[C@H]1C. The Labute approximate surface area is 81.3 Å². The molecule has 0 bridgehead atoms. The third-order valence-corrected chi connectivity index (χ3v) is 9.69. The fraction of sp³-hybridized carbons (Fsp3) is 0.818. The third kappa shape index (κ3) is 2.07. The van der Waals surface area contributed by atoms with Gasteiger partial charge in [-0.15, -0.1) is 0 Å². The summed E-state index contributed by atoms with van der Waals surface area (Å²) < 4.78 is 1.90. The molecule has 0 saturated heterocycles. The minimum absolute atomic E-state index is 0.931. The summed E-state index contributed by atoms with van der Waals surface area (Å²) in [6.07, 6.45) is 5.28. The van der Waals surface area contributed by atoms with E-state index >= 15 is 0 Å². The van der Waals surface area contributed by atoms with Crippen molar-refractivity contribution < 1.29 is 0 Å². The zero-order valence-electron chi connectivity index (χ0n) is 9.15. The van der Waals surface area contributed by atoms with Crippen LogP contribution in [0.15, 0.2) is 9.67 Å². The molecule has 1 aliphatic carbocycles. The number of hydrogen-bond acceptors (Lipinski definition) is 0. The van der Waals surface area contributed by atoms with Crippen molar-refractivity contribution in [3.8, 4) is 0 Å². The van der Waals surface area contributed by atoms with Gasteiger partial charge in [-0.1, -0.05) is 0 Å². The van der Waals surface area contributed by atoms with Crippen LogP contribution in [0.25, 0.3) is 0 Å². The fourth-order valence-electron chi connectivity index (χ4n) is 2.42. The van der Waals surface area contributed by atoms with Gasteiger partial charge in [0.1, 0.15) is 0 Å². The van der Waals surface area contributed by atoms with Gasteiger partial charge in [-0.25, -0.2) is 0 Å². The van der Waals surface area contributed by atoms with Crippen LogP contribution in [0.3, 0.4) is 0 Å². The van der Waals surface area contributed by atoms with Gasteiger partial charge in [-0.3, -0.25) is 0 Å². The normalized spacial score (nSPS) is 30.6. The van der Waals surface area contributed by atoms with Crippen LogP contribution in [-0.2, 0) is 0 Å². The van der Waals surface area contributed by atoms with Crippen molar-refractivity contribution >= 4 is 18.4 Å². The molecule has 2 atom stereocenters. The van der Waals surface area contributed by atoms with Gasteiger partial charge in [-0.2, -0.15) is 0 Å². The molecule has 1 aliphatic rings. The topological polar surface area (TPSA) is 0 Å². The Kier molecular flexibility index (Phi) is 3.30. The van der Waals surface area contributed by atoms with Crippen molar-refractivity contribution in [1.29, 1.82) is 0 Å². The van der Waals surface area contributed by atoms with E-state index in [0.717, 1.165) is 11.8 Å². The Balaban J connectivity index is 2.78. The van der Waals surface area contributed by atoms with E-state index in [1.165, 1.54) is 12.8 Å². The standard InChI is InChI=1S/C8H13.3CH3.Sn/c1-3-8-6-4-5-7(8)2;;;;/h4,7-8H,3,5H2,1-2H3;3*1H3;/t7-,8+;;;;/m1..../s1. The van der Waals surface area contributed by atoms with Crippen molar-refractivity contribution in [2.75, 3.05) is 0 Å². The Hall–Kier alpha value is 0.539. The van der Waals surface area contributed by atoms with Gasteiger partial charge in [0.25, 0.3) is 0 Å². The zero-order chi connectivity index (χ0) is 9.35. The van der Waals surface area contributed by atoms with Crippen molar-refractivity contribution in [1.82, 2.24) is 0 Å². The summed E-state index contributed by atoms with van der Waals surface area (Å²) >= 11 is -1.70. The van der Waals surface area contributed by atoms with Crippen LogP contribution in [0.1, 0.15) is 26.7 Å². The first-order valence-electron chi connectivity index (χ1n) is 5.17. The van der Waals surface area contributed by atoms with Crippen molar-refractivity contribution in [2.45, 2.75) is 41.5 Å². The van der Waals surface area contributed by atoms with E-state index < -0.39 is 18.4 Å². The van der Waals surface area contributed by atoms with E-state index in [-0.39, 0.29) is 0 Å². The van der Waals surface area contributed by atoms with Crippen LogP contribution < -0.4 is 0 Å². The molecule has 0 heterocycles. The summed E-state index contributed by atoms with van der Waals surface area (Å²) in [5.74, 6) is 1.88. The second-order valence-electron chi connectivity index (χ2n) is 5.14. The molecule has 1 heteroatoms. The summed E-state index contributed by atoms with van der Waals surface area (Å²) in [7, 11) is 0. The van der Waals surface area contributed by atoms with Gasteiger partial charge < -0.3 is 0 Å². The van der Waals surface area contributed by atoms with Crippen LogP contribution in [0.4, 0.5) is 0 Å². The molecule has 0 aliphatic heterocycles. The summed E-state index contributed by atoms with van der Waals surface area (Å²) in [5, 5.41) is 0. The van der Waals surface area contributed by atoms with Crippen LogP contribution in [0.5, 0.6) is 0 Å². The van der Waals surface area contributed by atoms with Crippen molar-refractivity contribution in [3.05, 3.63) is 9.67 Å². The average molecular weight is 273 g/mol. The predicted molar refractivity (Wildman–Crippen MR) is 59.0 cm³/mol. The molecule has 0 radical (unpaired) electrons. The molecule has 0 unspecified atom stereocenters. The molecular formula is C11H22Sn. The maximum absolute atomic E-state index is 2.56. The molecule has 1 rings (SSSR count). The Morgan fingerprint density at radius 2 is 2.00 bits per heavy atom. The molecule has 70 valence electrons. The van der Waals surface area contributed by atoms with Gasteiger partial charge in [0, 0.05) is 0 Å². The minimum atomic E-state index is -1.70. The van der Waals surface area contributed by atoms with E-state index in [4.69, 9.17) is 0 Å². The molecular weight excluding hydrogens is 251 g/mol. The third-order valence-electron chi connectivity index (χ3n) is 3.10. The first-order chi connectivity index (χ1) is 5.46. The summed E-state index contributed by atoms with van der Waals surface area (Å²) in [6, 6.07) is 0. The molecule has 0 aromatic rings. The predicted octanol–water partition coefficient (Wildman–Crippen LogP) is 3.86. The molecule has 12 heavy (non-hydrogen) atoms. The van der Waals surface area contributed by atoms with Crippen LogP contribution in [0.2, 0.25) is 14.8 Å². The molecule has 0 nitrogen and oxygen atoms in total.